The van der Waals surface area contributed by atoms with Crippen molar-refractivity contribution in [1.82, 2.24) is 15.1 Å². The van der Waals surface area contributed by atoms with Gasteiger partial charge in [0.25, 0.3) is 0 Å². The van der Waals surface area contributed by atoms with Crippen molar-refractivity contribution >= 4 is 11.8 Å². The lowest BCUT2D eigenvalue weighted by Gasteiger charge is -2.35. The lowest BCUT2D eigenvalue weighted by atomic mass is 10.1. The monoisotopic (exact) mass is 350 g/mol. The van der Waals surface area contributed by atoms with Gasteiger partial charge >= 0.3 is 0 Å². The third kappa shape index (κ3) is 5.33. The maximum Gasteiger partial charge on any atom is 0.242 e. The third-order valence-corrected chi connectivity index (χ3v) is 4.23. The molecular weight excluding hydrogens is 324 g/mol. The summed E-state index contributed by atoms with van der Waals surface area (Å²) in [4.78, 5) is 27.2. The van der Waals surface area contributed by atoms with Crippen LogP contribution in [0, 0.1) is 0 Å². The first-order chi connectivity index (χ1) is 12.1. The van der Waals surface area contributed by atoms with Gasteiger partial charge in [-0.15, -0.1) is 0 Å². The van der Waals surface area contributed by atoms with Crippen LogP contribution < -0.4 is 20.5 Å². The summed E-state index contributed by atoms with van der Waals surface area (Å²) in [7, 11) is 3.29. The van der Waals surface area contributed by atoms with Gasteiger partial charge in [0.15, 0.2) is 0 Å². The second-order valence-corrected chi connectivity index (χ2v) is 5.82. The second-order valence-electron chi connectivity index (χ2n) is 5.82. The number of nitrogens with two attached hydrogens (primary N) is 1. The molecule has 1 aromatic rings. The summed E-state index contributed by atoms with van der Waals surface area (Å²) in [5.41, 5.74) is 6.26. The van der Waals surface area contributed by atoms with Crippen molar-refractivity contribution in [3.63, 3.8) is 0 Å². The topological polar surface area (TPSA) is 97.1 Å². The van der Waals surface area contributed by atoms with Gasteiger partial charge in [0.05, 0.1) is 27.3 Å². The Morgan fingerprint density at radius 1 is 1.16 bits per heavy atom. The van der Waals surface area contributed by atoms with Gasteiger partial charge in [0.2, 0.25) is 11.8 Å². The molecule has 2 rings (SSSR count). The van der Waals surface area contributed by atoms with E-state index in [2.05, 4.69) is 10.2 Å². The molecule has 0 aromatic heterocycles. The summed E-state index contributed by atoms with van der Waals surface area (Å²) in [6.45, 7) is 3.40. The van der Waals surface area contributed by atoms with E-state index in [4.69, 9.17) is 15.2 Å². The minimum Gasteiger partial charge on any atom is -0.497 e. The molecular formula is C17H26N4O4. The predicted molar refractivity (Wildman–Crippen MR) is 93.5 cm³/mol. The van der Waals surface area contributed by atoms with Crippen LogP contribution in [0.5, 0.6) is 11.5 Å². The largest absolute Gasteiger partial charge is 0.497 e. The highest BCUT2D eigenvalue weighted by atomic mass is 16.5. The van der Waals surface area contributed by atoms with E-state index in [0.29, 0.717) is 13.1 Å². The average molecular weight is 350 g/mol. The van der Waals surface area contributed by atoms with Gasteiger partial charge in [-0.3, -0.25) is 14.5 Å². The zero-order chi connectivity index (χ0) is 18.2. The summed E-state index contributed by atoms with van der Waals surface area (Å²) < 4.78 is 10.7. The van der Waals surface area contributed by atoms with E-state index in [1.165, 1.54) is 0 Å². The Hall–Kier alpha value is -2.32. The molecule has 1 aliphatic heterocycles. The van der Waals surface area contributed by atoms with Crippen LogP contribution in [0.3, 0.4) is 0 Å². The minimum atomic E-state index is -0.322. The second kappa shape index (κ2) is 9.24. The highest BCUT2D eigenvalue weighted by Gasteiger charge is 2.22. The van der Waals surface area contributed by atoms with E-state index < -0.39 is 0 Å². The Morgan fingerprint density at radius 3 is 2.48 bits per heavy atom. The van der Waals surface area contributed by atoms with Crippen molar-refractivity contribution in [2.24, 2.45) is 5.73 Å². The average Bonchev–Trinajstić information content (AvgIpc) is 2.66. The number of methoxy groups -OCH3 is 2. The zero-order valence-corrected chi connectivity index (χ0v) is 14.8. The third-order valence-electron chi connectivity index (χ3n) is 4.23. The number of hydrogen-bond donors (Lipinski definition) is 2. The molecule has 138 valence electrons. The van der Waals surface area contributed by atoms with Gasteiger partial charge in [0, 0.05) is 38.3 Å². The molecule has 0 saturated carbocycles. The molecule has 1 fully saturated rings. The van der Waals surface area contributed by atoms with Crippen molar-refractivity contribution in [2.45, 2.75) is 6.54 Å². The van der Waals surface area contributed by atoms with Gasteiger partial charge in [0.1, 0.15) is 11.5 Å². The van der Waals surface area contributed by atoms with Gasteiger partial charge in [-0.2, -0.15) is 0 Å². The van der Waals surface area contributed by atoms with Crippen molar-refractivity contribution < 1.29 is 19.1 Å². The summed E-state index contributed by atoms with van der Waals surface area (Å²) in [6, 6.07) is 5.74. The number of benzene rings is 1. The maximum absolute atomic E-state index is 12.1. The number of nitrogens with zero attached hydrogens (tertiary/aromatic N) is 2. The van der Waals surface area contributed by atoms with Gasteiger partial charge in [-0.05, 0) is 18.2 Å². The molecule has 25 heavy (non-hydrogen) atoms. The molecule has 3 N–H and O–H groups in total. The molecule has 0 atom stereocenters. The molecule has 0 unspecified atom stereocenters. The molecule has 1 saturated heterocycles. The summed E-state index contributed by atoms with van der Waals surface area (Å²) in [5, 5.41) is 2.51. The quantitative estimate of drug-likeness (QED) is 0.683. The highest BCUT2D eigenvalue weighted by Crippen LogP contribution is 2.25. The molecule has 0 aliphatic carbocycles. The molecule has 1 aliphatic rings. The maximum atomic E-state index is 12.1. The fourth-order valence-corrected chi connectivity index (χ4v) is 2.76. The van der Waals surface area contributed by atoms with Crippen LogP contribution >= 0.6 is 0 Å². The van der Waals surface area contributed by atoms with Crippen LogP contribution in [0.4, 0.5) is 0 Å². The normalized spacial score (nSPS) is 14.9. The first-order valence-corrected chi connectivity index (χ1v) is 8.25. The Bertz CT molecular complexity index is 600. The molecule has 8 nitrogen and oxygen atoms in total. The molecule has 2 amide bonds. The number of carbonyl (C=O) groups is 2. The van der Waals surface area contributed by atoms with Gasteiger partial charge in [-0.1, -0.05) is 0 Å². The number of nitrogens with one attached hydrogen (secondary N) is 1. The fourth-order valence-electron chi connectivity index (χ4n) is 2.76. The van der Waals surface area contributed by atoms with E-state index in [0.717, 1.165) is 36.7 Å². The van der Waals surface area contributed by atoms with E-state index >= 15 is 0 Å². The van der Waals surface area contributed by atoms with Crippen LogP contribution in [-0.4, -0.2) is 75.1 Å². The van der Waals surface area contributed by atoms with Crippen LogP contribution in [-0.2, 0) is 16.1 Å². The predicted octanol–water partition coefficient (Wildman–Crippen LogP) is -0.577. The van der Waals surface area contributed by atoms with Crippen LogP contribution in [0.15, 0.2) is 18.2 Å². The number of amides is 2. The molecule has 1 aromatic carbocycles. The molecule has 1 heterocycles. The van der Waals surface area contributed by atoms with Crippen molar-refractivity contribution in [3.8, 4) is 11.5 Å². The number of carbonyl (C=O) groups excluding carboxylic acids is 2. The summed E-state index contributed by atoms with van der Waals surface area (Å²) in [5.74, 6) is 1.21. The first-order valence-electron chi connectivity index (χ1n) is 8.25. The smallest absolute Gasteiger partial charge is 0.242 e. The van der Waals surface area contributed by atoms with E-state index in [1.54, 1.807) is 19.1 Å². The Balaban J connectivity index is 1.86. The summed E-state index contributed by atoms with van der Waals surface area (Å²) >= 11 is 0. The minimum absolute atomic E-state index is 0.000258. The number of ether oxygens (including phenoxy) is 2. The molecule has 0 spiro atoms. The van der Waals surface area contributed by atoms with Crippen LogP contribution in [0.25, 0.3) is 0 Å². The Kier molecular flexibility index (Phi) is 7.03. The zero-order valence-electron chi connectivity index (χ0n) is 14.8. The van der Waals surface area contributed by atoms with E-state index in [1.807, 2.05) is 18.2 Å². The number of hydrogen-bond acceptors (Lipinski definition) is 6. The van der Waals surface area contributed by atoms with E-state index in [-0.39, 0.29) is 24.9 Å². The van der Waals surface area contributed by atoms with Gasteiger partial charge < -0.3 is 25.4 Å². The van der Waals surface area contributed by atoms with Crippen LogP contribution in [0.2, 0.25) is 0 Å². The first kappa shape index (κ1) is 19.0. The van der Waals surface area contributed by atoms with E-state index in [9.17, 15) is 9.59 Å². The van der Waals surface area contributed by atoms with Crippen LogP contribution in [0.1, 0.15) is 5.56 Å². The summed E-state index contributed by atoms with van der Waals surface area (Å²) in [6.07, 6.45) is 0. The van der Waals surface area contributed by atoms with Crippen molar-refractivity contribution in [3.05, 3.63) is 23.8 Å². The fraction of sp³-hybridized carbons (Fsp3) is 0.529. The highest BCUT2D eigenvalue weighted by molar-refractivity contribution is 5.85. The van der Waals surface area contributed by atoms with Crippen molar-refractivity contribution in [2.75, 3.05) is 53.5 Å². The standard InChI is InChI=1S/C17H26N4O4/c1-24-14-3-4-15(25-2)13(9-14)12-20-5-7-21(8-6-20)17(23)11-19-16(22)10-18/h3-4,9H,5-8,10-12,18H2,1-2H3,(H,19,22). The molecule has 0 radical (unpaired) electrons. The Morgan fingerprint density at radius 2 is 1.88 bits per heavy atom. The number of piperazine rings is 1. The molecule has 8 heteroatoms. The lowest BCUT2D eigenvalue weighted by molar-refractivity contribution is -0.134. The van der Waals surface area contributed by atoms with Gasteiger partial charge in [-0.25, -0.2) is 0 Å². The Labute approximate surface area is 147 Å². The number of rotatable bonds is 7. The SMILES string of the molecule is COc1ccc(OC)c(CN2CCN(C(=O)CNC(=O)CN)CC2)c1. The lowest BCUT2D eigenvalue weighted by Crippen LogP contribution is -2.51. The molecule has 0 bridgehead atoms. The van der Waals surface area contributed by atoms with Crippen molar-refractivity contribution in [1.29, 1.82) is 0 Å².